The Labute approximate surface area is 382 Å². The van der Waals surface area contributed by atoms with Gasteiger partial charge in [-0.3, -0.25) is 14.1 Å². The summed E-state index contributed by atoms with van der Waals surface area (Å²) in [5, 5.41) is 30.9. The van der Waals surface area contributed by atoms with Gasteiger partial charge in [0.25, 0.3) is 10.1 Å². The average Bonchev–Trinajstić information content (AvgIpc) is 3.25. The van der Waals surface area contributed by atoms with Crippen LogP contribution < -0.4 is 0 Å². The molecule has 0 aromatic carbocycles. The Hall–Kier alpha value is -2.39. The minimum Gasteiger partial charge on any atom is -0.462 e. The highest BCUT2D eigenvalue weighted by atomic mass is 32.2. The lowest BCUT2D eigenvalue weighted by molar-refractivity contribution is -0.297. The average molecular weight is 913 g/mol. The third kappa shape index (κ3) is 34.6. The molecule has 0 aromatic rings. The quantitative estimate of drug-likeness (QED) is 0.0197. The third-order valence-electron chi connectivity index (χ3n) is 11.1. The van der Waals surface area contributed by atoms with Crippen LogP contribution in [0.5, 0.6) is 0 Å². The number of hydrogen-bond acceptors (Lipinski definition) is 11. The summed E-state index contributed by atoms with van der Waals surface area (Å²) in [5.74, 6) is -2.02. The molecular formula is C50H88O12S. The Kier molecular flexibility index (Phi) is 37.2. The molecule has 0 bridgehead atoms. The molecule has 4 N–H and O–H groups in total. The Morgan fingerprint density at radius 2 is 0.984 bits per heavy atom. The number of aliphatic hydroxyl groups is 3. The number of unbranched alkanes of at least 4 members (excludes halogenated alkanes) is 21. The molecule has 12 nitrogen and oxygen atoms in total. The highest BCUT2D eigenvalue weighted by Gasteiger charge is 2.46. The summed E-state index contributed by atoms with van der Waals surface area (Å²) in [5.41, 5.74) is 0. The minimum absolute atomic E-state index is 0.159. The first-order chi connectivity index (χ1) is 30.5. The second kappa shape index (κ2) is 39.9. The molecule has 0 spiro atoms. The normalized spacial score (nSPS) is 20.1. The Bertz CT molecular complexity index is 1350. The lowest BCUT2D eigenvalue weighted by atomic mass is 10.00. The van der Waals surface area contributed by atoms with E-state index in [0.29, 0.717) is 12.8 Å². The molecule has 0 aromatic heterocycles. The lowest BCUT2D eigenvalue weighted by Gasteiger charge is -2.40. The zero-order chi connectivity index (χ0) is 46.2. The monoisotopic (exact) mass is 913 g/mol. The van der Waals surface area contributed by atoms with E-state index in [1.807, 2.05) is 0 Å². The van der Waals surface area contributed by atoms with Crippen LogP contribution in [0.3, 0.4) is 0 Å². The number of aliphatic hydroxyl groups excluding tert-OH is 3. The van der Waals surface area contributed by atoms with Crippen LogP contribution in [0.15, 0.2) is 48.6 Å². The van der Waals surface area contributed by atoms with Gasteiger partial charge in [0.2, 0.25) is 0 Å². The predicted octanol–water partition coefficient (Wildman–Crippen LogP) is 10.7. The van der Waals surface area contributed by atoms with Crippen molar-refractivity contribution in [3.63, 3.8) is 0 Å². The maximum atomic E-state index is 12.9. The van der Waals surface area contributed by atoms with Crippen molar-refractivity contribution in [3.8, 4) is 0 Å². The number of rotatable bonds is 41. The van der Waals surface area contributed by atoms with Crippen LogP contribution in [0.4, 0.5) is 0 Å². The molecule has 0 aliphatic carbocycles. The van der Waals surface area contributed by atoms with Gasteiger partial charge in [0.15, 0.2) is 12.4 Å². The molecule has 1 aliphatic heterocycles. The van der Waals surface area contributed by atoms with Crippen LogP contribution >= 0.6 is 0 Å². The van der Waals surface area contributed by atoms with Gasteiger partial charge in [-0.1, -0.05) is 184 Å². The van der Waals surface area contributed by atoms with Crippen molar-refractivity contribution >= 4 is 22.1 Å². The van der Waals surface area contributed by atoms with Crippen molar-refractivity contribution in [3.05, 3.63) is 48.6 Å². The molecule has 0 saturated carbocycles. The molecule has 366 valence electrons. The second-order valence-electron chi connectivity index (χ2n) is 17.1. The fraction of sp³-hybridized carbons (Fsp3) is 0.800. The van der Waals surface area contributed by atoms with Gasteiger partial charge >= 0.3 is 11.9 Å². The number of esters is 2. The SMILES string of the molecule is CCC/C=C/C/C=C/C/C=C/C/C=C/CCCCCC(=O)OC[C@H](CO[C@H]1O[C@H](CS(=O)(=O)O)[C@@H](O)C(O)C1O)OC(=O)CCCCCCCCCCCCCCCCCCCC. The summed E-state index contributed by atoms with van der Waals surface area (Å²) in [4.78, 5) is 25.5. The first-order valence-corrected chi connectivity index (χ1v) is 26.3. The molecule has 1 aliphatic rings. The molecule has 6 atom stereocenters. The molecule has 1 fully saturated rings. The molecule has 13 heteroatoms. The van der Waals surface area contributed by atoms with Crippen LogP contribution in [0, 0.1) is 0 Å². The van der Waals surface area contributed by atoms with Crippen molar-refractivity contribution in [2.24, 2.45) is 0 Å². The summed E-state index contributed by atoms with van der Waals surface area (Å²) >= 11 is 0. The third-order valence-corrected chi connectivity index (χ3v) is 11.9. The highest BCUT2D eigenvalue weighted by molar-refractivity contribution is 7.85. The first kappa shape index (κ1) is 58.6. The molecule has 0 radical (unpaired) electrons. The van der Waals surface area contributed by atoms with Crippen molar-refractivity contribution in [2.45, 2.75) is 237 Å². The number of ether oxygens (including phenoxy) is 4. The molecular weight excluding hydrogens is 825 g/mol. The van der Waals surface area contributed by atoms with Gasteiger partial charge in [-0.25, -0.2) is 0 Å². The second-order valence-corrected chi connectivity index (χ2v) is 18.6. The van der Waals surface area contributed by atoms with E-state index in [9.17, 15) is 37.9 Å². The van der Waals surface area contributed by atoms with Crippen molar-refractivity contribution in [2.75, 3.05) is 19.0 Å². The largest absolute Gasteiger partial charge is 0.462 e. The van der Waals surface area contributed by atoms with Crippen molar-refractivity contribution < 1.29 is 56.8 Å². The number of allylic oxidation sites excluding steroid dienone is 8. The molecule has 2 unspecified atom stereocenters. The van der Waals surface area contributed by atoms with Crippen LogP contribution in [0.1, 0.15) is 200 Å². The van der Waals surface area contributed by atoms with E-state index >= 15 is 0 Å². The number of hydrogen-bond donors (Lipinski definition) is 4. The topological polar surface area (TPSA) is 186 Å². The number of carbonyl (C=O) groups excluding carboxylic acids is 2. The molecule has 0 amide bonds. The minimum atomic E-state index is -4.61. The maximum Gasteiger partial charge on any atom is 0.306 e. The van der Waals surface area contributed by atoms with E-state index < -0.39 is 71.2 Å². The van der Waals surface area contributed by atoms with E-state index in [1.54, 1.807) is 0 Å². The van der Waals surface area contributed by atoms with E-state index in [1.165, 1.54) is 96.3 Å². The van der Waals surface area contributed by atoms with Gasteiger partial charge in [-0.15, -0.1) is 0 Å². The highest BCUT2D eigenvalue weighted by Crippen LogP contribution is 2.24. The fourth-order valence-electron chi connectivity index (χ4n) is 7.32. The van der Waals surface area contributed by atoms with Gasteiger partial charge in [-0.05, 0) is 51.4 Å². The fourth-order valence-corrected chi connectivity index (χ4v) is 8.01. The molecule has 1 heterocycles. The Morgan fingerprint density at radius 1 is 0.540 bits per heavy atom. The number of carbonyl (C=O) groups is 2. The summed E-state index contributed by atoms with van der Waals surface area (Å²) < 4.78 is 54.2. The zero-order valence-electron chi connectivity index (χ0n) is 39.2. The van der Waals surface area contributed by atoms with Gasteiger partial charge < -0.3 is 34.3 Å². The summed E-state index contributed by atoms with van der Waals surface area (Å²) in [6.45, 7) is 3.69. The summed E-state index contributed by atoms with van der Waals surface area (Å²) in [6.07, 6.45) is 38.6. The van der Waals surface area contributed by atoms with Crippen molar-refractivity contribution in [1.29, 1.82) is 0 Å². The van der Waals surface area contributed by atoms with E-state index in [4.69, 9.17) is 18.9 Å². The lowest BCUT2D eigenvalue weighted by Crippen LogP contribution is -2.60. The Morgan fingerprint density at radius 3 is 1.48 bits per heavy atom. The van der Waals surface area contributed by atoms with Gasteiger partial charge in [0.05, 0.1) is 6.61 Å². The van der Waals surface area contributed by atoms with Gasteiger partial charge in [0, 0.05) is 12.8 Å². The maximum absolute atomic E-state index is 12.9. The molecule has 1 saturated heterocycles. The van der Waals surface area contributed by atoms with Gasteiger partial charge in [-0.2, -0.15) is 8.42 Å². The standard InChI is InChI=1S/C50H88O12S/c1-3-5-7-9-11-13-15-17-19-21-23-25-27-29-31-33-35-37-39-46(52)61-43(41-60-50-49(55)48(54)47(53)44(62-50)42-63(56,57)58)40-59-45(51)38-36-34-32-30-28-26-24-22-20-18-16-14-12-10-8-6-4-2/h8,10,14,16,20,22,26,28,43-44,47-50,53-55H,3-7,9,11-13,15,17-19,21,23-25,27,29-42H2,1-2H3,(H,56,57,58)/b10-8+,16-14+,22-20+,28-26+/t43-,44-,47-,48?,49?,50+/m1/s1. The van der Waals surface area contributed by atoms with Crippen LogP contribution in [0.25, 0.3) is 0 Å². The first-order valence-electron chi connectivity index (χ1n) is 24.7. The smallest absolute Gasteiger partial charge is 0.306 e. The van der Waals surface area contributed by atoms with Crippen LogP contribution in [0.2, 0.25) is 0 Å². The zero-order valence-corrected chi connectivity index (χ0v) is 40.0. The van der Waals surface area contributed by atoms with Crippen LogP contribution in [-0.2, 0) is 38.7 Å². The van der Waals surface area contributed by atoms with Crippen LogP contribution in [-0.4, -0.2) is 96.0 Å². The van der Waals surface area contributed by atoms with E-state index in [2.05, 4.69) is 62.5 Å². The summed E-state index contributed by atoms with van der Waals surface area (Å²) in [6, 6.07) is 0. The van der Waals surface area contributed by atoms with E-state index in [0.717, 1.165) is 64.2 Å². The molecule has 63 heavy (non-hydrogen) atoms. The van der Waals surface area contributed by atoms with E-state index in [-0.39, 0.29) is 19.4 Å². The predicted molar refractivity (Wildman–Crippen MR) is 252 cm³/mol. The summed E-state index contributed by atoms with van der Waals surface area (Å²) in [7, 11) is -4.61. The Balaban J connectivity index is 2.42. The molecule has 1 rings (SSSR count). The van der Waals surface area contributed by atoms with Gasteiger partial charge in [0.1, 0.15) is 36.8 Å². The van der Waals surface area contributed by atoms with Crippen molar-refractivity contribution in [1.82, 2.24) is 0 Å².